The van der Waals surface area contributed by atoms with E-state index >= 15 is 0 Å². The van der Waals surface area contributed by atoms with Crippen LogP contribution in [0.4, 0.5) is 0 Å². The highest BCUT2D eigenvalue weighted by Gasteiger charge is 2.34. The second-order valence-electron chi connectivity index (χ2n) is 5.96. The smallest absolute Gasteiger partial charge is 0.0496 e. The summed E-state index contributed by atoms with van der Waals surface area (Å²) in [5.74, 6) is 0.877. The summed E-state index contributed by atoms with van der Waals surface area (Å²) < 4.78 is 0. The van der Waals surface area contributed by atoms with Crippen LogP contribution in [0.25, 0.3) is 0 Å². The van der Waals surface area contributed by atoms with E-state index in [2.05, 4.69) is 57.0 Å². The van der Waals surface area contributed by atoms with Gasteiger partial charge in [-0.25, -0.2) is 0 Å². The zero-order chi connectivity index (χ0) is 13.3. The Hall–Kier alpha value is -0.860. The zero-order valence-corrected chi connectivity index (χ0v) is 12.1. The predicted octanol–water partition coefficient (Wildman–Crippen LogP) is 3.11. The van der Waals surface area contributed by atoms with Crippen molar-refractivity contribution < 1.29 is 0 Å². The molecule has 1 aromatic rings. The van der Waals surface area contributed by atoms with Crippen molar-refractivity contribution in [3.8, 4) is 0 Å². The molecule has 1 aliphatic rings. The number of hydrogen-bond acceptors (Lipinski definition) is 2. The van der Waals surface area contributed by atoms with Crippen molar-refractivity contribution in [3.05, 3.63) is 35.4 Å². The van der Waals surface area contributed by atoms with Crippen molar-refractivity contribution >= 4 is 0 Å². The van der Waals surface area contributed by atoms with Gasteiger partial charge in [0.25, 0.3) is 0 Å². The van der Waals surface area contributed by atoms with E-state index in [0.717, 1.165) is 5.92 Å². The van der Waals surface area contributed by atoms with Crippen molar-refractivity contribution in [2.75, 3.05) is 7.05 Å². The number of benzene rings is 1. The first-order valence-corrected chi connectivity index (χ1v) is 7.04. The summed E-state index contributed by atoms with van der Waals surface area (Å²) in [7, 11) is 2.22. The van der Waals surface area contributed by atoms with Crippen LogP contribution < -0.4 is 5.73 Å². The molecule has 0 bridgehead atoms. The second-order valence-corrected chi connectivity index (χ2v) is 5.96. The maximum atomic E-state index is 6.22. The summed E-state index contributed by atoms with van der Waals surface area (Å²) in [6.07, 6.45) is 2.76. The van der Waals surface area contributed by atoms with Crippen LogP contribution in [0.1, 0.15) is 43.9 Å². The topological polar surface area (TPSA) is 29.3 Å². The molecule has 3 atom stereocenters. The molecule has 2 heteroatoms. The van der Waals surface area contributed by atoms with E-state index in [4.69, 9.17) is 5.73 Å². The van der Waals surface area contributed by atoms with E-state index in [0.29, 0.717) is 12.1 Å². The van der Waals surface area contributed by atoms with Crippen LogP contribution in [-0.2, 0) is 0 Å². The third-order valence-corrected chi connectivity index (χ3v) is 4.30. The third-order valence-electron chi connectivity index (χ3n) is 4.30. The molecule has 2 nitrogen and oxygen atoms in total. The van der Waals surface area contributed by atoms with E-state index in [1.54, 1.807) is 0 Å². The largest absolute Gasteiger partial charge is 0.326 e. The molecular formula is C16H26N2. The van der Waals surface area contributed by atoms with Gasteiger partial charge in [-0.15, -0.1) is 0 Å². The van der Waals surface area contributed by atoms with Gasteiger partial charge in [0, 0.05) is 18.1 Å². The van der Waals surface area contributed by atoms with Gasteiger partial charge in [-0.05, 0) is 52.1 Å². The van der Waals surface area contributed by atoms with Crippen LogP contribution in [0.3, 0.4) is 0 Å². The maximum Gasteiger partial charge on any atom is 0.0496 e. The summed E-state index contributed by atoms with van der Waals surface area (Å²) in [6.45, 7) is 6.57. The van der Waals surface area contributed by atoms with E-state index in [1.807, 2.05) is 0 Å². The van der Waals surface area contributed by atoms with Gasteiger partial charge in [0.2, 0.25) is 0 Å². The number of nitrogens with two attached hydrogens (primary N) is 1. The van der Waals surface area contributed by atoms with Crippen molar-refractivity contribution in [1.82, 2.24) is 4.90 Å². The Morgan fingerprint density at radius 1 is 1.17 bits per heavy atom. The maximum absolute atomic E-state index is 6.22. The second kappa shape index (κ2) is 5.41. The first-order valence-electron chi connectivity index (χ1n) is 7.04. The van der Waals surface area contributed by atoms with Crippen molar-refractivity contribution in [1.29, 1.82) is 0 Å². The summed E-state index contributed by atoms with van der Waals surface area (Å²) in [5, 5.41) is 0. The Morgan fingerprint density at radius 2 is 1.72 bits per heavy atom. The van der Waals surface area contributed by atoms with Gasteiger partial charge in [0.1, 0.15) is 0 Å². The highest BCUT2D eigenvalue weighted by molar-refractivity contribution is 5.25. The number of nitrogens with zero attached hydrogens (tertiary/aromatic N) is 1. The highest BCUT2D eigenvalue weighted by Crippen LogP contribution is 2.38. The van der Waals surface area contributed by atoms with Gasteiger partial charge >= 0.3 is 0 Å². The average molecular weight is 246 g/mol. The minimum Gasteiger partial charge on any atom is -0.326 e. The van der Waals surface area contributed by atoms with E-state index in [-0.39, 0.29) is 6.04 Å². The third kappa shape index (κ3) is 2.93. The fourth-order valence-corrected chi connectivity index (χ4v) is 2.84. The molecule has 1 aliphatic carbocycles. The van der Waals surface area contributed by atoms with Gasteiger partial charge in [-0.2, -0.15) is 0 Å². The average Bonchev–Trinajstić information content (AvgIpc) is 3.14. The molecule has 0 amide bonds. The predicted molar refractivity (Wildman–Crippen MR) is 77.5 cm³/mol. The SMILES string of the molecule is Cc1ccc(C(C(C)N)N(C)C(C)C2CC2)cc1. The van der Waals surface area contributed by atoms with Crippen molar-refractivity contribution in [3.63, 3.8) is 0 Å². The molecule has 0 aliphatic heterocycles. The number of aryl methyl sites for hydroxylation is 1. The van der Waals surface area contributed by atoms with E-state index < -0.39 is 0 Å². The van der Waals surface area contributed by atoms with Crippen LogP contribution in [0.15, 0.2) is 24.3 Å². The highest BCUT2D eigenvalue weighted by atomic mass is 15.2. The number of hydrogen-bond donors (Lipinski definition) is 1. The Balaban J connectivity index is 2.18. The standard InChI is InChI=1S/C16H26N2/c1-11-5-7-15(8-6-11)16(12(2)17)18(4)13(3)14-9-10-14/h5-8,12-14,16H,9-10,17H2,1-4H3. The van der Waals surface area contributed by atoms with Crippen LogP contribution >= 0.6 is 0 Å². The molecule has 0 aromatic heterocycles. The fourth-order valence-electron chi connectivity index (χ4n) is 2.84. The first-order chi connectivity index (χ1) is 8.50. The van der Waals surface area contributed by atoms with Gasteiger partial charge in [0.05, 0.1) is 0 Å². The molecule has 1 saturated carbocycles. The van der Waals surface area contributed by atoms with Crippen molar-refractivity contribution in [2.24, 2.45) is 11.7 Å². The number of rotatable bonds is 5. The van der Waals surface area contributed by atoms with Gasteiger partial charge in [-0.1, -0.05) is 29.8 Å². The Labute approximate surface area is 111 Å². The van der Waals surface area contributed by atoms with E-state index in [1.165, 1.54) is 24.0 Å². The lowest BCUT2D eigenvalue weighted by atomic mass is 9.96. The molecular weight excluding hydrogens is 220 g/mol. The molecule has 100 valence electrons. The van der Waals surface area contributed by atoms with E-state index in [9.17, 15) is 0 Å². The van der Waals surface area contributed by atoms with Crippen LogP contribution in [0.2, 0.25) is 0 Å². The summed E-state index contributed by atoms with van der Waals surface area (Å²) in [4.78, 5) is 2.47. The van der Waals surface area contributed by atoms with Crippen LogP contribution in [0.5, 0.6) is 0 Å². The van der Waals surface area contributed by atoms with Gasteiger partial charge in [0.15, 0.2) is 0 Å². The molecule has 2 N–H and O–H groups in total. The van der Waals surface area contributed by atoms with Crippen LogP contribution in [-0.4, -0.2) is 24.0 Å². The molecule has 2 rings (SSSR count). The minimum absolute atomic E-state index is 0.152. The summed E-state index contributed by atoms with van der Waals surface area (Å²) >= 11 is 0. The fraction of sp³-hybridized carbons (Fsp3) is 0.625. The summed E-state index contributed by atoms with van der Waals surface area (Å²) in [5.41, 5.74) is 8.87. The zero-order valence-electron chi connectivity index (χ0n) is 12.1. The molecule has 0 heterocycles. The molecule has 0 spiro atoms. The Morgan fingerprint density at radius 3 is 2.17 bits per heavy atom. The minimum atomic E-state index is 0.152. The van der Waals surface area contributed by atoms with Crippen LogP contribution in [0, 0.1) is 12.8 Å². The Bertz CT molecular complexity index is 379. The number of likely N-dealkylation sites (N-methyl/N-ethyl adjacent to an activating group) is 1. The molecule has 0 saturated heterocycles. The molecule has 1 fully saturated rings. The Kier molecular flexibility index (Phi) is 4.08. The molecule has 0 radical (unpaired) electrons. The first kappa shape index (κ1) is 13.6. The molecule has 1 aromatic carbocycles. The normalized spacial score (nSPS) is 20.8. The van der Waals surface area contributed by atoms with Crippen molar-refractivity contribution in [2.45, 2.75) is 51.7 Å². The monoisotopic (exact) mass is 246 g/mol. The van der Waals surface area contributed by atoms with Gasteiger partial charge < -0.3 is 5.73 Å². The lowest BCUT2D eigenvalue weighted by Crippen LogP contribution is -2.42. The quantitative estimate of drug-likeness (QED) is 0.865. The lowest BCUT2D eigenvalue weighted by Gasteiger charge is -2.36. The lowest BCUT2D eigenvalue weighted by molar-refractivity contribution is 0.149. The summed E-state index contributed by atoms with van der Waals surface area (Å²) in [6, 6.07) is 9.90. The molecule has 18 heavy (non-hydrogen) atoms. The molecule has 3 unspecified atom stereocenters. The van der Waals surface area contributed by atoms with Gasteiger partial charge in [-0.3, -0.25) is 4.90 Å².